The van der Waals surface area contributed by atoms with E-state index in [0.29, 0.717) is 6.10 Å². The lowest BCUT2D eigenvalue weighted by Gasteiger charge is -2.39. The highest BCUT2D eigenvalue weighted by Gasteiger charge is 2.31. The third-order valence-corrected chi connectivity index (χ3v) is 4.87. The van der Waals surface area contributed by atoms with Crippen molar-refractivity contribution in [1.29, 1.82) is 0 Å². The molecule has 0 aromatic rings. The summed E-state index contributed by atoms with van der Waals surface area (Å²) in [6.07, 6.45) is 7.46. The fraction of sp³-hybridized carbons (Fsp3) is 1.00. The molecule has 0 radical (unpaired) electrons. The van der Waals surface area contributed by atoms with Crippen molar-refractivity contribution in [2.75, 3.05) is 14.2 Å². The van der Waals surface area contributed by atoms with Crippen LogP contribution in [0.3, 0.4) is 0 Å². The summed E-state index contributed by atoms with van der Waals surface area (Å²) in [5.74, 6) is 0. The Morgan fingerprint density at radius 3 is 1.80 bits per heavy atom. The molecule has 0 aromatic heterocycles. The quantitative estimate of drug-likeness (QED) is 0.674. The summed E-state index contributed by atoms with van der Waals surface area (Å²) in [4.78, 5) is 5.64. The minimum atomic E-state index is -0.0483. The van der Waals surface area contributed by atoms with Gasteiger partial charge in [-0.2, -0.15) is 0 Å². The summed E-state index contributed by atoms with van der Waals surface area (Å²) < 4.78 is 5.32. The smallest absolute Gasteiger partial charge is 0.117 e. The number of ether oxygens (including phenoxy) is 1. The normalized spacial score (nSPS) is 38.4. The minimum Gasteiger partial charge on any atom is -0.634 e. The molecule has 0 heterocycles. The molecule has 6 nitrogen and oxygen atoms in total. The van der Waals surface area contributed by atoms with Gasteiger partial charge in [-0.25, -0.2) is 10.1 Å². The molecule has 2 fully saturated rings. The lowest BCUT2D eigenvalue weighted by atomic mass is 9.91. The van der Waals surface area contributed by atoms with Gasteiger partial charge in [-0.05, 0) is 25.7 Å². The maximum atomic E-state index is 12.2. The van der Waals surface area contributed by atoms with Crippen molar-refractivity contribution in [1.82, 2.24) is 0 Å². The maximum Gasteiger partial charge on any atom is 0.117 e. The Balaban J connectivity index is 1.69. The van der Waals surface area contributed by atoms with Crippen LogP contribution in [0.2, 0.25) is 0 Å². The average molecular weight is 288 g/mol. The average Bonchev–Trinajstić information content (AvgIpc) is 2.48. The second kappa shape index (κ2) is 7.68. The Bertz CT molecular complexity index is 274. The van der Waals surface area contributed by atoms with Gasteiger partial charge in [0.1, 0.15) is 12.1 Å². The van der Waals surface area contributed by atoms with Crippen molar-refractivity contribution in [3.05, 3.63) is 10.4 Å². The Morgan fingerprint density at radius 1 is 0.800 bits per heavy atom. The zero-order valence-electron chi connectivity index (χ0n) is 12.6. The molecule has 20 heavy (non-hydrogen) atoms. The third kappa shape index (κ3) is 4.38. The molecule has 2 aliphatic rings. The van der Waals surface area contributed by atoms with Gasteiger partial charge in [0.15, 0.2) is 0 Å². The second-order valence-corrected chi connectivity index (χ2v) is 6.23. The van der Waals surface area contributed by atoms with Crippen LogP contribution in [0.5, 0.6) is 0 Å². The van der Waals surface area contributed by atoms with E-state index in [2.05, 4.69) is 0 Å². The Morgan fingerprint density at radius 2 is 1.30 bits per heavy atom. The van der Waals surface area contributed by atoms with Crippen molar-refractivity contribution in [3.8, 4) is 0 Å². The van der Waals surface area contributed by atoms with Crippen LogP contribution in [0.1, 0.15) is 51.4 Å². The van der Waals surface area contributed by atoms with Crippen LogP contribution in [0.25, 0.3) is 0 Å². The first-order chi connectivity index (χ1) is 9.60. The van der Waals surface area contributed by atoms with Crippen molar-refractivity contribution in [2.24, 2.45) is 0 Å². The van der Waals surface area contributed by atoms with Gasteiger partial charge < -0.3 is 20.2 Å². The Labute approximate surface area is 121 Å². The molecule has 118 valence electrons. The van der Waals surface area contributed by atoms with Gasteiger partial charge in [0.25, 0.3) is 0 Å². The topological polar surface area (TPSA) is 73.5 Å². The largest absolute Gasteiger partial charge is 0.634 e. The summed E-state index contributed by atoms with van der Waals surface area (Å²) in [6, 6.07) is 0.168. The van der Waals surface area contributed by atoms with E-state index in [1.165, 1.54) is 0 Å². The van der Waals surface area contributed by atoms with E-state index in [9.17, 15) is 10.4 Å². The highest BCUT2D eigenvalue weighted by atomic mass is 16.9. The van der Waals surface area contributed by atoms with E-state index in [1.807, 2.05) is 0 Å². The number of nitrogens with one attached hydrogen (secondary N) is 2. The van der Waals surface area contributed by atoms with Crippen molar-refractivity contribution in [3.63, 3.8) is 0 Å². The number of hydroxylamine groups is 4. The van der Waals surface area contributed by atoms with Gasteiger partial charge in [-0.1, -0.05) is 0 Å². The molecule has 0 amide bonds. The van der Waals surface area contributed by atoms with Crippen molar-refractivity contribution >= 4 is 0 Å². The summed E-state index contributed by atoms with van der Waals surface area (Å²) in [5.41, 5.74) is 0. The fourth-order valence-corrected chi connectivity index (χ4v) is 3.38. The van der Waals surface area contributed by atoms with E-state index in [4.69, 9.17) is 9.57 Å². The van der Waals surface area contributed by atoms with Crippen LogP contribution in [0.15, 0.2) is 0 Å². The lowest BCUT2D eigenvalue weighted by Crippen LogP contribution is -3.12. The zero-order chi connectivity index (χ0) is 14.5. The van der Waals surface area contributed by atoms with Gasteiger partial charge in [0.05, 0.1) is 19.2 Å². The van der Waals surface area contributed by atoms with Gasteiger partial charge in [0, 0.05) is 32.8 Å². The first-order valence-electron chi connectivity index (χ1n) is 7.84. The SMILES string of the molecule is COC1CCC(O[NH+]([O-])C2CCC([NH+](C)[O-])CC2)CC1. The van der Waals surface area contributed by atoms with Crippen LogP contribution in [-0.2, 0) is 9.57 Å². The van der Waals surface area contributed by atoms with Gasteiger partial charge >= 0.3 is 0 Å². The molecule has 2 N–H and O–H groups in total. The van der Waals surface area contributed by atoms with Gasteiger partial charge in [-0.15, -0.1) is 0 Å². The van der Waals surface area contributed by atoms with Crippen LogP contribution >= 0.6 is 0 Å². The Hall–Kier alpha value is -0.240. The van der Waals surface area contributed by atoms with Gasteiger partial charge in [0.2, 0.25) is 0 Å². The molecule has 0 aromatic carbocycles. The first kappa shape index (κ1) is 16.1. The molecule has 0 spiro atoms. The summed E-state index contributed by atoms with van der Waals surface area (Å²) in [6.45, 7) is 0. The number of hydrogen-bond acceptors (Lipinski definition) is 4. The molecular formula is C14H28N2O4. The first-order valence-corrected chi connectivity index (χ1v) is 7.84. The third-order valence-electron chi connectivity index (χ3n) is 4.87. The van der Waals surface area contributed by atoms with Crippen LogP contribution in [-0.4, -0.2) is 38.4 Å². The molecule has 0 saturated heterocycles. The second-order valence-electron chi connectivity index (χ2n) is 6.23. The van der Waals surface area contributed by atoms with E-state index >= 15 is 0 Å². The van der Waals surface area contributed by atoms with E-state index in [-0.39, 0.29) is 28.5 Å². The number of quaternary nitrogens is 2. The highest BCUT2D eigenvalue weighted by molar-refractivity contribution is 4.73. The monoisotopic (exact) mass is 288 g/mol. The van der Waals surface area contributed by atoms with Crippen LogP contribution in [0.4, 0.5) is 0 Å². The number of methoxy groups -OCH3 is 1. The molecule has 2 rings (SSSR count). The summed E-state index contributed by atoms with van der Waals surface area (Å²) >= 11 is 0. The van der Waals surface area contributed by atoms with Crippen molar-refractivity contribution < 1.29 is 19.9 Å². The lowest BCUT2D eigenvalue weighted by molar-refractivity contribution is -1.08. The minimum absolute atomic E-state index is 0.00532. The molecule has 2 aliphatic carbocycles. The number of hydrogen-bond donors (Lipinski definition) is 2. The molecule has 0 aliphatic heterocycles. The number of rotatable bonds is 5. The van der Waals surface area contributed by atoms with Crippen LogP contribution < -0.4 is 10.3 Å². The Kier molecular flexibility index (Phi) is 6.20. The standard InChI is InChI=1S/C14H28N2O4/c1-15(17)11-3-5-12(6-4-11)16(18)20-14-9-7-13(19-2)8-10-14/h11-16H,3-10H2,1-2H3. The molecule has 2 atom stereocenters. The van der Waals surface area contributed by atoms with E-state index in [0.717, 1.165) is 51.4 Å². The highest BCUT2D eigenvalue weighted by Crippen LogP contribution is 2.22. The zero-order valence-corrected chi connectivity index (χ0v) is 12.6. The summed E-state index contributed by atoms with van der Waals surface area (Å²) in [5, 5.41) is 23.7. The molecule has 0 bridgehead atoms. The van der Waals surface area contributed by atoms with E-state index in [1.54, 1.807) is 14.2 Å². The molecule has 6 heteroatoms. The molecule has 2 unspecified atom stereocenters. The predicted octanol–water partition coefficient (Wildman–Crippen LogP) is -0.418. The maximum absolute atomic E-state index is 12.2. The molecule has 2 saturated carbocycles. The predicted molar refractivity (Wildman–Crippen MR) is 74.8 cm³/mol. The molecular weight excluding hydrogens is 260 g/mol. The van der Waals surface area contributed by atoms with E-state index < -0.39 is 0 Å². The van der Waals surface area contributed by atoms with Crippen molar-refractivity contribution in [2.45, 2.75) is 75.7 Å². The summed E-state index contributed by atoms with van der Waals surface area (Å²) in [7, 11) is 3.39. The fourth-order valence-electron chi connectivity index (χ4n) is 3.38. The van der Waals surface area contributed by atoms with Gasteiger partial charge in [-0.3, -0.25) is 0 Å². The van der Waals surface area contributed by atoms with Crippen LogP contribution in [0, 0.1) is 10.4 Å².